The van der Waals surface area contributed by atoms with Crippen LogP contribution < -0.4 is 10.2 Å². The van der Waals surface area contributed by atoms with Crippen LogP contribution in [0, 0.1) is 13.8 Å². The van der Waals surface area contributed by atoms with Gasteiger partial charge in [0, 0.05) is 16.8 Å². The van der Waals surface area contributed by atoms with Crippen molar-refractivity contribution in [1.29, 1.82) is 0 Å². The van der Waals surface area contributed by atoms with Gasteiger partial charge < -0.3 is 4.74 Å². The molecular weight excluding hydrogens is 368 g/mol. The first-order valence-corrected chi connectivity index (χ1v) is 10.4. The van der Waals surface area contributed by atoms with Gasteiger partial charge in [0.25, 0.3) is 5.91 Å². The molecule has 2 aromatic rings. The Hall–Kier alpha value is -2.68. The predicted molar refractivity (Wildman–Crippen MR) is 102 cm³/mol. The Bertz CT molecular complexity index is 978. The van der Waals surface area contributed by atoms with Crippen LogP contribution in [-0.2, 0) is 9.84 Å². The number of nitrogens with one attached hydrogen (secondary N) is 1. The number of ether oxygens (including phenoxy) is 1. The van der Waals surface area contributed by atoms with Crippen molar-refractivity contribution in [2.24, 2.45) is 5.10 Å². The molecule has 2 heterocycles. The maximum absolute atomic E-state index is 12.1. The minimum Gasteiger partial charge on any atom is -0.497 e. The summed E-state index contributed by atoms with van der Waals surface area (Å²) in [5.41, 5.74) is 5.29. The fourth-order valence-corrected chi connectivity index (χ4v) is 4.84. The molecule has 9 heteroatoms. The van der Waals surface area contributed by atoms with Gasteiger partial charge >= 0.3 is 0 Å². The van der Waals surface area contributed by atoms with E-state index >= 15 is 0 Å². The summed E-state index contributed by atoms with van der Waals surface area (Å²) in [4.78, 5) is 12.1. The summed E-state index contributed by atoms with van der Waals surface area (Å²) in [6.45, 7) is 3.71. The van der Waals surface area contributed by atoms with Crippen LogP contribution in [0.25, 0.3) is 0 Å². The zero-order valence-corrected chi connectivity index (χ0v) is 16.3. The van der Waals surface area contributed by atoms with E-state index in [-0.39, 0.29) is 23.5 Å². The molecule has 1 saturated heterocycles. The number of rotatable bonds is 5. The molecule has 1 aliphatic rings. The summed E-state index contributed by atoms with van der Waals surface area (Å²) in [5, 5.41) is 8.49. The van der Waals surface area contributed by atoms with Gasteiger partial charge in [-0.25, -0.2) is 13.8 Å². The first-order chi connectivity index (χ1) is 12.8. The van der Waals surface area contributed by atoms with Crippen molar-refractivity contribution in [3.05, 3.63) is 46.8 Å². The third-order valence-corrected chi connectivity index (χ3v) is 6.40. The minimum absolute atomic E-state index is 0.111. The number of carbonyl (C=O) groups excluding carboxylic acids is 1. The molecule has 0 saturated carbocycles. The number of aryl methyl sites for hydroxylation is 1. The number of carbonyl (C=O) groups is 1. The minimum atomic E-state index is -2.99. The highest BCUT2D eigenvalue weighted by atomic mass is 32.2. The quantitative estimate of drug-likeness (QED) is 0.617. The molecule has 1 atom stereocenters. The molecule has 144 valence electrons. The van der Waals surface area contributed by atoms with Gasteiger partial charge in [-0.1, -0.05) is 0 Å². The first-order valence-electron chi connectivity index (χ1n) is 8.54. The van der Waals surface area contributed by atoms with Crippen molar-refractivity contribution in [3.63, 3.8) is 0 Å². The van der Waals surface area contributed by atoms with E-state index in [1.807, 2.05) is 13.8 Å². The maximum Gasteiger partial charge on any atom is 0.271 e. The molecule has 27 heavy (non-hydrogen) atoms. The third-order valence-electron chi connectivity index (χ3n) is 4.65. The van der Waals surface area contributed by atoms with E-state index in [1.165, 1.54) is 0 Å². The number of amides is 1. The van der Waals surface area contributed by atoms with E-state index < -0.39 is 9.84 Å². The van der Waals surface area contributed by atoms with Gasteiger partial charge in [0.05, 0.1) is 36.6 Å². The average Bonchev–Trinajstić information content (AvgIpc) is 3.14. The number of hydrogen-bond donors (Lipinski definition) is 1. The smallest absolute Gasteiger partial charge is 0.271 e. The van der Waals surface area contributed by atoms with Crippen LogP contribution in [0.3, 0.4) is 0 Å². The molecule has 8 nitrogen and oxygen atoms in total. The van der Waals surface area contributed by atoms with Crippen molar-refractivity contribution in [2.45, 2.75) is 26.3 Å². The second kappa shape index (κ2) is 7.51. The zero-order chi connectivity index (χ0) is 19.6. The lowest BCUT2D eigenvalue weighted by Crippen LogP contribution is -2.17. The lowest BCUT2D eigenvalue weighted by Gasteiger charge is -2.10. The normalized spacial score (nSPS) is 18.7. The SMILES string of the molecule is COc1ccc(C(=O)N/N=C\c2c(C)nn([C@@H]3CCS(=O)(=O)C3)c2C)cc1. The second-order valence-electron chi connectivity index (χ2n) is 6.51. The van der Waals surface area contributed by atoms with Crippen LogP contribution >= 0.6 is 0 Å². The van der Waals surface area contributed by atoms with Gasteiger partial charge in [-0.2, -0.15) is 10.2 Å². The Morgan fingerprint density at radius 1 is 1.33 bits per heavy atom. The summed E-state index contributed by atoms with van der Waals surface area (Å²) in [5.74, 6) is 0.637. The average molecular weight is 390 g/mol. The summed E-state index contributed by atoms with van der Waals surface area (Å²) in [7, 11) is -1.43. The van der Waals surface area contributed by atoms with Gasteiger partial charge in [-0.3, -0.25) is 9.48 Å². The van der Waals surface area contributed by atoms with Gasteiger partial charge in [0.1, 0.15) is 5.75 Å². The molecule has 1 aliphatic heterocycles. The molecule has 0 spiro atoms. The van der Waals surface area contributed by atoms with Crippen LogP contribution in [0.5, 0.6) is 5.75 Å². The van der Waals surface area contributed by atoms with E-state index in [1.54, 1.807) is 42.3 Å². The highest BCUT2D eigenvalue weighted by molar-refractivity contribution is 7.91. The standard InChI is InChI=1S/C18H22N4O4S/c1-12-17(13(2)22(21-12)15-8-9-27(24,25)11-15)10-19-20-18(23)14-4-6-16(26-3)7-5-14/h4-7,10,15H,8-9,11H2,1-3H3,(H,20,23)/b19-10-/t15-/m1/s1. The Morgan fingerprint density at radius 2 is 2.04 bits per heavy atom. The molecule has 0 bridgehead atoms. The van der Waals surface area contributed by atoms with Crippen molar-refractivity contribution in [3.8, 4) is 5.75 Å². The van der Waals surface area contributed by atoms with Gasteiger partial charge in [-0.15, -0.1) is 0 Å². The lowest BCUT2D eigenvalue weighted by atomic mass is 10.2. The fourth-order valence-electron chi connectivity index (χ4n) is 3.15. The topological polar surface area (TPSA) is 103 Å². The molecule has 1 amide bonds. The summed E-state index contributed by atoms with van der Waals surface area (Å²) < 4.78 is 30.3. The number of sulfone groups is 1. The highest BCUT2D eigenvalue weighted by Gasteiger charge is 2.31. The number of methoxy groups -OCH3 is 1. The van der Waals surface area contributed by atoms with Crippen LogP contribution in [0.4, 0.5) is 0 Å². The van der Waals surface area contributed by atoms with Gasteiger partial charge in [0.15, 0.2) is 9.84 Å². The molecule has 0 aliphatic carbocycles. The zero-order valence-electron chi connectivity index (χ0n) is 15.5. The van der Waals surface area contributed by atoms with E-state index in [9.17, 15) is 13.2 Å². The number of benzene rings is 1. The molecule has 1 aromatic carbocycles. The van der Waals surface area contributed by atoms with Crippen molar-refractivity contribution in [1.82, 2.24) is 15.2 Å². The summed E-state index contributed by atoms with van der Waals surface area (Å²) >= 11 is 0. The fraction of sp³-hybridized carbons (Fsp3) is 0.389. The maximum atomic E-state index is 12.1. The molecular formula is C18H22N4O4S. The molecule has 1 aromatic heterocycles. The second-order valence-corrected chi connectivity index (χ2v) is 8.74. The highest BCUT2D eigenvalue weighted by Crippen LogP contribution is 2.26. The van der Waals surface area contributed by atoms with Crippen LogP contribution in [-0.4, -0.2) is 48.9 Å². The molecule has 3 rings (SSSR count). The lowest BCUT2D eigenvalue weighted by molar-refractivity contribution is 0.0955. The van der Waals surface area contributed by atoms with Gasteiger partial charge in [-0.05, 0) is 44.5 Å². The van der Waals surface area contributed by atoms with Crippen LogP contribution in [0.1, 0.15) is 39.8 Å². The largest absolute Gasteiger partial charge is 0.497 e. The first kappa shape index (κ1) is 19.1. The number of nitrogens with zero attached hydrogens (tertiary/aromatic N) is 3. The number of hydrogen-bond acceptors (Lipinski definition) is 6. The Labute approximate surface area is 158 Å². The molecule has 1 fully saturated rings. The number of hydrazone groups is 1. The predicted octanol–water partition coefficient (Wildman–Crippen LogP) is 1.63. The summed E-state index contributed by atoms with van der Waals surface area (Å²) in [6, 6.07) is 6.56. The van der Waals surface area contributed by atoms with Crippen molar-refractivity contribution >= 4 is 22.0 Å². The number of aromatic nitrogens is 2. The summed E-state index contributed by atoms with van der Waals surface area (Å²) in [6.07, 6.45) is 2.11. The van der Waals surface area contributed by atoms with Crippen molar-refractivity contribution < 1.29 is 17.9 Å². The van der Waals surface area contributed by atoms with E-state index in [0.717, 1.165) is 17.0 Å². The van der Waals surface area contributed by atoms with E-state index in [2.05, 4.69) is 15.6 Å². The Kier molecular flexibility index (Phi) is 5.31. The Morgan fingerprint density at radius 3 is 2.63 bits per heavy atom. The molecule has 0 unspecified atom stereocenters. The van der Waals surface area contributed by atoms with Crippen LogP contribution in [0.15, 0.2) is 29.4 Å². The van der Waals surface area contributed by atoms with Crippen LogP contribution in [0.2, 0.25) is 0 Å². The monoisotopic (exact) mass is 390 g/mol. The van der Waals surface area contributed by atoms with E-state index in [4.69, 9.17) is 4.74 Å². The Balaban J connectivity index is 1.71. The van der Waals surface area contributed by atoms with Crippen molar-refractivity contribution in [2.75, 3.05) is 18.6 Å². The molecule has 0 radical (unpaired) electrons. The van der Waals surface area contributed by atoms with Gasteiger partial charge in [0.2, 0.25) is 0 Å². The third kappa shape index (κ3) is 4.19. The molecule has 1 N–H and O–H groups in total. The van der Waals surface area contributed by atoms with E-state index in [0.29, 0.717) is 17.7 Å².